The van der Waals surface area contributed by atoms with E-state index in [1.165, 1.54) is 29.5 Å². The van der Waals surface area contributed by atoms with Gasteiger partial charge in [0.2, 0.25) is 0 Å². The van der Waals surface area contributed by atoms with Gasteiger partial charge in [0.25, 0.3) is 5.91 Å². The highest BCUT2D eigenvalue weighted by Gasteiger charge is 2.33. The Hall–Kier alpha value is -3.80. The normalized spacial score (nSPS) is 13.5. The first kappa shape index (κ1) is 22.0. The van der Waals surface area contributed by atoms with Crippen molar-refractivity contribution in [2.75, 3.05) is 11.9 Å². The molecule has 0 atom stereocenters. The zero-order valence-corrected chi connectivity index (χ0v) is 19.1. The summed E-state index contributed by atoms with van der Waals surface area (Å²) in [5.74, 6) is -2.32. The number of thiophene rings is 1. The standard InChI is InChI=1S/C25H15ClN2O5S/c26-21-16(9-8-15-20(21)23(31)14-5-2-1-4-13(14)22(15)30)25(32)33-11-19(29)28-24-17(10-27)12-6-3-7-18(12)34-24/h1-2,4-5,8-9H,3,6-7,11H2,(H,28,29). The van der Waals surface area contributed by atoms with Gasteiger partial charge in [-0.1, -0.05) is 35.9 Å². The van der Waals surface area contributed by atoms with E-state index in [0.29, 0.717) is 10.6 Å². The Kier molecular flexibility index (Phi) is 5.52. The summed E-state index contributed by atoms with van der Waals surface area (Å²) in [4.78, 5) is 51.8. The van der Waals surface area contributed by atoms with E-state index in [9.17, 15) is 24.4 Å². The predicted octanol–water partition coefficient (Wildman–Crippen LogP) is 4.33. The molecular formula is C25H15ClN2O5S. The molecule has 3 aromatic rings. The van der Waals surface area contributed by atoms with Crippen molar-refractivity contribution in [1.29, 1.82) is 5.26 Å². The Morgan fingerprint density at radius 1 is 1.06 bits per heavy atom. The van der Waals surface area contributed by atoms with Gasteiger partial charge in [-0.15, -0.1) is 11.3 Å². The fourth-order valence-electron chi connectivity index (χ4n) is 4.29. The van der Waals surface area contributed by atoms with Crippen LogP contribution in [0, 0.1) is 11.3 Å². The quantitative estimate of drug-likeness (QED) is 0.426. The molecule has 2 aliphatic carbocycles. The average molecular weight is 491 g/mol. The van der Waals surface area contributed by atoms with Crippen molar-refractivity contribution in [1.82, 2.24) is 0 Å². The molecule has 0 unspecified atom stereocenters. The highest BCUT2D eigenvalue weighted by atomic mass is 35.5. The average Bonchev–Trinajstić information content (AvgIpc) is 3.41. The van der Waals surface area contributed by atoms with E-state index >= 15 is 0 Å². The van der Waals surface area contributed by atoms with Crippen LogP contribution in [0.25, 0.3) is 0 Å². The summed E-state index contributed by atoms with van der Waals surface area (Å²) in [5, 5.41) is 12.3. The molecule has 5 rings (SSSR count). The fraction of sp³-hybridized carbons (Fsp3) is 0.160. The van der Waals surface area contributed by atoms with Gasteiger partial charge in [-0.05, 0) is 37.0 Å². The van der Waals surface area contributed by atoms with Gasteiger partial charge in [0.1, 0.15) is 11.1 Å². The second-order valence-electron chi connectivity index (χ2n) is 7.85. The zero-order chi connectivity index (χ0) is 24.0. The lowest BCUT2D eigenvalue weighted by Crippen LogP contribution is -2.24. The second-order valence-corrected chi connectivity index (χ2v) is 9.33. The molecule has 0 spiro atoms. The molecule has 0 aliphatic heterocycles. The molecule has 2 aromatic carbocycles. The third kappa shape index (κ3) is 3.50. The first-order valence-corrected chi connectivity index (χ1v) is 11.6. The summed E-state index contributed by atoms with van der Waals surface area (Å²) in [6.07, 6.45) is 2.67. The van der Waals surface area contributed by atoms with Gasteiger partial charge >= 0.3 is 5.97 Å². The Labute approximate surface area is 202 Å². The number of benzene rings is 2. The molecule has 7 nitrogen and oxygen atoms in total. The van der Waals surface area contributed by atoms with Crippen molar-refractivity contribution < 1.29 is 23.9 Å². The smallest absolute Gasteiger partial charge is 0.340 e. The molecule has 0 saturated heterocycles. The first-order chi connectivity index (χ1) is 16.4. The molecule has 0 saturated carbocycles. The number of hydrogen-bond donors (Lipinski definition) is 1. The number of nitrogens with zero attached hydrogens (tertiary/aromatic N) is 1. The molecule has 168 valence electrons. The lowest BCUT2D eigenvalue weighted by molar-refractivity contribution is -0.119. The largest absolute Gasteiger partial charge is 0.452 e. The fourth-order valence-corrected chi connectivity index (χ4v) is 5.87. The number of hydrogen-bond acceptors (Lipinski definition) is 7. The Morgan fingerprint density at radius 3 is 2.53 bits per heavy atom. The van der Waals surface area contributed by atoms with Crippen LogP contribution in [0.4, 0.5) is 5.00 Å². The monoisotopic (exact) mass is 490 g/mol. The lowest BCUT2D eigenvalue weighted by atomic mass is 9.83. The maximum Gasteiger partial charge on any atom is 0.340 e. The molecule has 34 heavy (non-hydrogen) atoms. The van der Waals surface area contributed by atoms with E-state index in [-0.39, 0.29) is 38.6 Å². The number of anilines is 1. The predicted molar refractivity (Wildman–Crippen MR) is 125 cm³/mol. The summed E-state index contributed by atoms with van der Waals surface area (Å²) in [6.45, 7) is -0.602. The number of ether oxygens (including phenoxy) is 1. The Bertz CT molecular complexity index is 1470. The van der Waals surface area contributed by atoms with Crippen molar-refractivity contribution in [2.45, 2.75) is 19.3 Å². The lowest BCUT2D eigenvalue weighted by Gasteiger charge is -2.19. The minimum Gasteiger partial charge on any atom is -0.452 e. The minimum absolute atomic E-state index is 0.0592. The molecule has 1 N–H and O–H groups in total. The molecule has 0 bridgehead atoms. The number of aryl methyl sites for hydroxylation is 1. The van der Waals surface area contributed by atoms with Gasteiger partial charge in [-0.3, -0.25) is 14.4 Å². The van der Waals surface area contributed by atoms with E-state index in [0.717, 1.165) is 29.7 Å². The van der Waals surface area contributed by atoms with Gasteiger partial charge in [0.05, 0.1) is 21.7 Å². The van der Waals surface area contributed by atoms with Gasteiger partial charge in [0, 0.05) is 21.6 Å². The molecule has 2 aliphatic rings. The van der Waals surface area contributed by atoms with E-state index in [1.54, 1.807) is 18.2 Å². The minimum atomic E-state index is -0.906. The third-order valence-corrected chi connectivity index (χ3v) is 7.47. The van der Waals surface area contributed by atoms with Crippen molar-refractivity contribution in [2.24, 2.45) is 0 Å². The van der Waals surface area contributed by atoms with Crippen molar-refractivity contribution in [3.63, 3.8) is 0 Å². The van der Waals surface area contributed by atoms with Crippen LogP contribution in [0.1, 0.15) is 64.6 Å². The van der Waals surface area contributed by atoms with Crippen LogP contribution < -0.4 is 5.32 Å². The van der Waals surface area contributed by atoms with Gasteiger partial charge < -0.3 is 10.1 Å². The highest BCUT2D eigenvalue weighted by Crippen LogP contribution is 2.38. The van der Waals surface area contributed by atoms with E-state index in [1.807, 2.05) is 0 Å². The van der Waals surface area contributed by atoms with Crippen molar-refractivity contribution in [3.05, 3.63) is 85.2 Å². The van der Waals surface area contributed by atoms with Crippen LogP contribution in [-0.4, -0.2) is 30.0 Å². The number of amides is 1. The number of rotatable bonds is 4. The topological polar surface area (TPSA) is 113 Å². The molecule has 1 heterocycles. The van der Waals surface area contributed by atoms with Crippen LogP contribution in [0.15, 0.2) is 36.4 Å². The zero-order valence-electron chi connectivity index (χ0n) is 17.6. The van der Waals surface area contributed by atoms with Crippen LogP contribution in [-0.2, 0) is 22.4 Å². The van der Waals surface area contributed by atoms with Crippen molar-refractivity contribution in [3.8, 4) is 6.07 Å². The highest BCUT2D eigenvalue weighted by molar-refractivity contribution is 7.16. The van der Waals surface area contributed by atoms with Gasteiger partial charge in [-0.25, -0.2) is 4.79 Å². The van der Waals surface area contributed by atoms with Crippen LogP contribution >= 0.6 is 22.9 Å². The van der Waals surface area contributed by atoms with E-state index < -0.39 is 24.3 Å². The number of esters is 1. The molecule has 9 heteroatoms. The Morgan fingerprint density at radius 2 is 1.79 bits per heavy atom. The van der Waals surface area contributed by atoms with Crippen molar-refractivity contribution >= 4 is 51.4 Å². The second kappa shape index (κ2) is 8.52. The maximum absolute atomic E-state index is 13.0. The summed E-state index contributed by atoms with van der Waals surface area (Å²) in [6, 6.07) is 11.2. The maximum atomic E-state index is 13.0. The number of carbonyl (C=O) groups excluding carboxylic acids is 4. The summed E-state index contributed by atoms with van der Waals surface area (Å²) in [7, 11) is 0. The van der Waals surface area contributed by atoms with Gasteiger partial charge in [-0.2, -0.15) is 5.26 Å². The first-order valence-electron chi connectivity index (χ1n) is 10.4. The molecule has 0 fully saturated rings. The van der Waals surface area contributed by atoms with Gasteiger partial charge in [0.15, 0.2) is 18.2 Å². The number of carbonyl (C=O) groups is 4. The SMILES string of the molecule is N#Cc1c(NC(=O)COC(=O)c2ccc3c(c2Cl)C(=O)c2ccccc2C3=O)sc2c1CCC2. The van der Waals surface area contributed by atoms with E-state index in [4.69, 9.17) is 16.3 Å². The van der Waals surface area contributed by atoms with Crippen LogP contribution in [0.3, 0.4) is 0 Å². The molecular weight excluding hydrogens is 476 g/mol. The number of nitrogens with one attached hydrogen (secondary N) is 1. The number of halogens is 1. The molecule has 1 amide bonds. The van der Waals surface area contributed by atoms with Crippen LogP contribution in [0.5, 0.6) is 0 Å². The number of fused-ring (bicyclic) bond motifs is 3. The Balaban J connectivity index is 1.33. The summed E-state index contributed by atoms with van der Waals surface area (Å²) < 4.78 is 5.11. The number of nitriles is 1. The molecule has 1 aromatic heterocycles. The molecule has 0 radical (unpaired) electrons. The van der Waals surface area contributed by atoms with Crippen LogP contribution in [0.2, 0.25) is 5.02 Å². The summed E-state index contributed by atoms with van der Waals surface area (Å²) in [5.41, 5.74) is 1.84. The third-order valence-electron chi connectivity index (χ3n) is 5.87. The summed E-state index contributed by atoms with van der Waals surface area (Å²) >= 11 is 7.73. The number of ketones is 2. The van der Waals surface area contributed by atoms with E-state index in [2.05, 4.69) is 11.4 Å².